The number of pyridine rings is 1. The number of hydrogen-bond acceptors (Lipinski definition) is 4. The van der Waals surface area contributed by atoms with Gasteiger partial charge in [0.1, 0.15) is 0 Å². The summed E-state index contributed by atoms with van der Waals surface area (Å²) in [5, 5.41) is 9.73. The Morgan fingerprint density at radius 1 is 1.23 bits per heavy atom. The van der Waals surface area contributed by atoms with Gasteiger partial charge in [0.15, 0.2) is 11.6 Å². The molecule has 4 rings (SSSR count). The molecule has 1 amide bonds. The van der Waals surface area contributed by atoms with Crippen LogP contribution in [0.2, 0.25) is 0 Å². The molecule has 1 aromatic rings. The van der Waals surface area contributed by atoms with E-state index in [-0.39, 0.29) is 23.9 Å². The van der Waals surface area contributed by atoms with Crippen molar-refractivity contribution in [2.24, 2.45) is 5.41 Å². The summed E-state index contributed by atoms with van der Waals surface area (Å²) >= 11 is 0. The van der Waals surface area contributed by atoms with E-state index in [1.807, 2.05) is 4.90 Å². The lowest BCUT2D eigenvalue weighted by Crippen LogP contribution is -2.50. The molecule has 0 unspecified atom stereocenters. The second-order valence-electron chi connectivity index (χ2n) is 8.28. The lowest BCUT2D eigenvalue weighted by molar-refractivity contribution is -0.139. The van der Waals surface area contributed by atoms with Crippen molar-refractivity contribution >= 4 is 11.7 Å². The smallest absolute Gasteiger partial charge is 0.230 e. The van der Waals surface area contributed by atoms with Crippen LogP contribution in [-0.4, -0.2) is 52.7 Å². The van der Waals surface area contributed by atoms with Gasteiger partial charge in [-0.1, -0.05) is 0 Å². The lowest BCUT2D eigenvalue weighted by atomic mass is 9.78. The Bertz CT molecular complexity index is 690. The molecular weight excluding hydrogens is 333 g/mol. The number of hydrogen-bond donors (Lipinski definition) is 1. The number of piperidine rings is 1. The van der Waals surface area contributed by atoms with Gasteiger partial charge in [-0.3, -0.25) is 4.79 Å². The number of anilines is 1. The molecule has 3 heterocycles. The SMILES string of the molecule is Cc1ccnc(N2CCC[C@@]3(CCN([C@H]4CC[C@@H](O)CC4)C3=O)C2)c1F. The van der Waals surface area contributed by atoms with Crippen LogP contribution in [0.4, 0.5) is 10.2 Å². The third-order valence-electron chi connectivity index (χ3n) is 6.59. The van der Waals surface area contributed by atoms with Crippen LogP contribution >= 0.6 is 0 Å². The Kier molecular flexibility index (Phi) is 4.63. The van der Waals surface area contributed by atoms with Gasteiger partial charge in [0.05, 0.1) is 11.5 Å². The van der Waals surface area contributed by atoms with E-state index in [9.17, 15) is 14.3 Å². The van der Waals surface area contributed by atoms with Crippen LogP contribution in [0, 0.1) is 18.2 Å². The minimum Gasteiger partial charge on any atom is -0.393 e. The summed E-state index contributed by atoms with van der Waals surface area (Å²) in [6.45, 7) is 3.85. The topological polar surface area (TPSA) is 56.7 Å². The van der Waals surface area contributed by atoms with Gasteiger partial charge in [-0.2, -0.15) is 0 Å². The number of likely N-dealkylation sites (tertiary alicyclic amines) is 1. The first-order valence-corrected chi connectivity index (χ1v) is 9.85. The van der Waals surface area contributed by atoms with E-state index in [2.05, 4.69) is 9.88 Å². The summed E-state index contributed by atoms with van der Waals surface area (Å²) in [4.78, 5) is 21.6. The monoisotopic (exact) mass is 361 g/mol. The normalized spacial score (nSPS) is 32.5. The minimum atomic E-state index is -0.397. The van der Waals surface area contributed by atoms with Crippen molar-refractivity contribution in [2.45, 2.75) is 64.0 Å². The van der Waals surface area contributed by atoms with Gasteiger partial charge in [-0.25, -0.2) is 9.37 Å². The molecule has 1 aliphatic carbocycles. The van der Waals surface area contributed by atoms with E-state index in [0.29, 0.717) is 17.9 Å². The zero-order valence-corrected chi connectivity index (χ0v) is 15.5. The number of nitrogens with zero attached hydrogens (tertiary/aromatic N) is 3. The number of carbonyl (C=O) groups excluding carboxylic acids is 1. The number of aryl methyl sites for hydroxylation is 1. The second-order valence-corrected chi connectivity index (χ2v) is 8.28. The van der Waals surface area contributed by atoms with Gasteiger partial charge >= 0.3 is 0 Å². The molecule has 0 aromatic carbocycles. The van der Waals surface area contributed by atoms with Crippen molar-refractivity contribution in [2.75, 3.05) is 24.5 Å². The molecule has 1 spiro atoms. The highest BCUT2D eigenvalue weighted by molar-refractivity contribution is 5.86. The van der Waals surface area contributed by atoms with Gasteiger partial charge in [-0.05, 0) is 63.5 Å². The van der Waals surface area contributed by atoms with E-state index in [0.717, 1.165) is 58.0 Å². The molecule has 1 aromatic heterocycles. The molecule has 6 heteroatoms. The van der Waals surface area contributed by atoms with E-state index in [1.54, 1.807) is 19.2 Å². The molecule has 2 aliphatic heterocycles. The molecular formula is C20H28FN3O2. The van der Waals surface area contributed by atoms with Gasteiger partial charge in [-0.15, -0.1) is 0 Å². The Morgan fingerprint density at radius 2 is 2.00 bits per heavy atom. The van der Waals surface area contributed by atoms with Gasteiger partial charge in [0.2, 0.25) is 5.91 Å². The standard InChI is InChI=1S/C20H28FN3O2/c1-14-7-10-22-18(17(14)21)23-11-2-8-20(13-23)9-12-24(19(20)26)15-3-5-16(25)6-4-15/h7,10,15-16,25H,2-6,8-9,11-13H2,1H3/t15-,16+,20-/m1/s1. The zero-order valence-electron chi connectivity index (χ0n) is 15.5. The number of aromatic nitrogens is 1. The van der Waals surface area contributed by atoms with Crippen molar-refractivity contribution in [1.29, 1.82) is 0 Å². The van der Waals surface area contributed by atoms with E-state index < -0.39 is 5.41 Å². The van der Waals surface area contributed by atoms with Gasteiger partial charge < -0.3 is 14.9 Å². The maximum absolute atomic E-state index is 14.5. The minimum absolute atomic E-state index is 0.210. The molecule has 26 heavy (non-hydrogen) atoms. The average Bonchev–Trinajstić information content (AvgIpc) is 2.94. The molecule has 1 saturated carbocycles. The largest absolute Gasteiger partial charge is 0.393 e. The number of aliphatic hydroxyl groups excluding tert-OH is 1. The molecule has 0 radical (unpaired) electrons. The molecule has 2 saturated heterocycles. The van der Waals surface area contributed by atoms with Crippen molar-refractivity contribution in [1.82, 2.24) is 9.88 Å². The highest BCUT2D eigenvalue weighted by Crippen LogP contribution is 2.43. The average molecular weight is 361 g/mol. The molecule has 1 atom stereocenters. The summed E-state index contributed by atoms with van der Waals surface area (Å²) in [6, 6.07) is 1.94. The molecule has 3 aliphatic rings. The first-order chi connectivity index (χ1) is 12.5. The first kappa shape index (κ1) is 17.7. The lowest BCUT2D eigenvalue weighted by Gasteiger charge is -2.41. The summed E-state index contributed by atoms with van der Waals surface area (Å²) < 4.78 is 14.5. The van der Waals surface area contributed by atoms with E-state index in [1.165, 1.54) is 0 Å². The quantitative estimate of drug-likeness (QED) is 0.880. The van der Waals surface area contributed by atoms with Gasteiger partial charge in [0.25, 0.3) is 0 Å². The summed E-state index contributed by atoms with van der Waals surface area (Å²) in [7, 11) is 0. The highest BCUT2D eigenvalue weighted by atomic mass is 19.1. The fraction of sp³-hybridized carbons (Fsp3) is 0.700. The zero-order chi connectivity index (χ0) is 18.3. The predicted octanol–water partition coefficient (Wildman–Crippen LogP) is 2.65. The third kappa shape index (κ3) is 2.98. The molecule has 142 valence electrons. The Labute approximate surface area is 154 Å². The van der Waals surface area contributed by atoms with Crippen LogP contribution in [0.25, 0.3) is 0 Å². The number of rotatable bonds is 2. The van der Waals surface area contributed by atoms with Crippen LogP contribution in [0.3, 0.4) is 0 Å². The fourth-order valence-corrected chi connectivity index (χ4v) is 5.00. The predicted molar refractivity (Wildman–Crippen MR) is 97.4 cm³/mol. The van der Waals surface area contributed by atoms with Crippen molar-refractivity contribution in [3.8, 4) is 0 Å². The van der Waals surface area contributed by atoms with Gasteiger partial charge in [0, 0.05) is 31.9 Å². The van der Waals surface area contributed by atoms with Crippen LogP contribution in [0.5, 0.6) is 0 Å². The number of halogens is 1. The Morgan fingerprint density at radius 3 is 2.77 bits per heavy atom. The fourth-order valence-electron chi connectivity index (χ4n) is 5.00. The van der Waals surface area contributed by atoms with Crippen LogP contribution < -0.4 is 4.90 Å². The summed E-state index contributed by atoms with van der Waals surface area (Å²) in [5.41, 5.74) is 0.196. The van der Waals surface area contributed by atoms with Crippen LogP contribution in [0.15, 0.2) is 12.3 Å². The summed E-state index contributed by atoms with van der Waals surface area (Å²) in [5.74, 6) is 0.348. The first-order valence-electron chi connectivity index (χ1n) is 9.85. The van der Waals surface area contributed by atoms with E-state index in [4.69, 9.17) is 0 Å². The van der Waals surface area contributed by atoms with Crippen LogP contribution in [0.1, 0.15) is 50.5 Å². The van der Waals surface area contributed by atoms with E-state index >= 15 is 0 Å². The molecule has 3 fully saturated rings. The van der Waals surface area contributed by atoms with Crippen molar-refractivity contribution in [3.05, 3.63) is 23.6 Å². The van der Waals surface area contributed by atoms with Crippen molar-refractivity contribution in [3.63, 3.8) is 0 Å². The van der Waals surface area contributed by atoms with Crippen molar-refractivity contribution < 1.29 is 14.3 Å². The number of aliphatic hydroxyl groups is 1. The number of carbonyl (C=O) groups is 1. The Balaban J connectivity index is 1.52. The van der Waals surface area contributed by atoms with Crippen LogP contribution in [-0.2, 0) is 4.79 Å². The molecule has 0 bridgehead atoms. The molecule has 5 nitrogen and oxygen atoms in total. The summed E-state index contributed by atoms with van der Waals surface area (Å²) in [6.07, 6.45) is 7.39. The molecule has 1 N–H and O–H groups in total. The Hall–Kier alpha value is -1.69. The number of amides is 1. The maximum Gasteiger partial charge on any atom is 0.230 e. The second kappa shape index (κ2) is 6.80. The highest BCUT2D eigenvalue weighted by Gasteiger charge is 2.51. The third-order valence-corrected chi connectivity index (χ3v) is 6.59. The maximum atomic E-state index is 14.5.